The van der Waals surface area contributed by atoms with E-state index >= 15 is 0 Å². The zero-order chi connectivity index (χ0) is 52.1. The van der Waals surface area contributed by atoms with E-state index in [9.17, 15) is 25.2 Å². The molecular weight excluding hydrogens is 901 g/mol. The quantitative estimate of drug-likeness (QED) is 0.0267. The summed E-state index contributed by atoms with van der Waals surface area (Å²) in [7, 11) is 0. The minimum atomic E-state index is -1.56. The van der Waals surface area contributed by atoms with Gasteiger partial charge < -0.3 is 39.4 Å². The summed E-state index contributed by atoms with van der Waals surface area (Å²) >= 11 is 0. The number of hydrogen-bond acceptors (Lipinski definition) is 9. The molecule has 0 bridgehead atoms. The van der Waals surface area contributed by atoms with Gasteiger partial charge in [-0.1, -0.05) is 219 Å². The van der Waals surface area contributed by atoms with Gasteiger partial charge in [-0.25, -0.2) is 0 Å². The van der Waals surface area contributed by atoms with Crippen LogP contribution in [0, 0.1) is 0 Å². The number of rotatable bonds is 48. The maximum absolute atomic E-state index is 12.9. The number of carbonyl (C=O) groups excluding carboxylic acids is 1. The monoisotopic (exact) mass is 1000 g/mol. The van der Waals surface area contributed by atoms with E-state index in [-0.39, 0.29) is 25.6 Å². The van der Waals surface area contributed by atoms with Crippen LogP contribution in [-0.2, 0) is 23.7 Å². The first-order valence-corrected chi connectivity index (χ1v) is 28.6. The highest BCUT2D eigenvalue weighted by atomic mass is 16.7. The molecule has 72 heavy (non-hydrogen) atoms. The van der Waals surface area contributed by atoms with Gasteiger partial charge in [0.2, 0.25) is 0 Å². The van der Waals surface area contributed by atoms with Crippen molar-refractivity contribution in [3.8, 4) is 0 Å². The van der Waals surface area contributed by atoms with Crippen molar-refractivity contribution >= 4 is 5.97 Å². The highest BCUT2D eigenvalue weighted by molar-refractivity contribution is 5.69. The molecule has 1 aliphatic heterocycles. The van der Waals surface area contributed by atoms with Gasteiger partial charge in [-0.05, 0) is 103 Å². The lowest BCUT2D eigenvalue weighted by atomic mass is 9.99. The first-order valence-electron chi connectivity index (χ1n) is 28.6. The minimum Gasteiger partial charge on any atom is -0.457 e. The van der Waals surface area contributed by atoms with E-state index in [0.717, 1.165) is 83.5 Å². The SMILES string of the molecule is CC/C=C\C/C=C\C/C=C\C/C=C\C/C=C\C/C=C\C/C=C\CCCC(=O)OC(COCCCCCCCCCCCCC/C=C\C/C=C\C/C=C\CCCCCCC)COC1OC(CO)C(O)C(O)C1O. The molecule has 0 saturated carbocycles. The number of hydrogen-bond donors (Lipinski definition) is 4. The first kappa shape index (κ1) is 66.6. The van der Waals surface area contributed by atoms with Gasteiger partial charge in [0.1, 0.15) is 30.5 Å². The van der Waals surface area contributed by atoms with Crippen LogP contribution in [0.5, 0.6) is 0 Å². The average molecular weight is 1010 g/mol. The van der Waals surface area contributed by atoms with Crippen molar-refractivity contribution in [3.63, 3.8) is 0 Å². The van der Waals surface area contributed by atoms with Crippen molar-refractivity contribution in [2.24, 2.45) is 0 Å². The van der Waals surface area contributed by atoms with Gasteiger partial charge in [0.15, 0.2) is 6.29 Å². The van der Waals surface area contributed by atoms with Gasteiger partial charge in [-0.3, -0.25) is 4.79 Å². The molecule has 6 atom stereocenters. The van der Waals surface area contributed by atoms with Crippen LogP contribution in [0.25, 0.3) is 0 Å². The number of ether oxygens (including phenoxy) is 4. The van der Waals surface area contributed by atoms with E-state index in [1.807, 2.05) is 0 Å². The van der Waals surface area contributed by atoms with Gasteiger partial charge in [0, 0.05) is 13.0 Å². The fourth-order valence-electron chi connectivity index (χ4n) is 7.96. The molecule has 1 fully saturated rings. The first-order chi connectivity index (χ1) is 35.4. The maximum atomic E-state index is 12.9. The molecule has 9 nitrogen and oxygen atoms in total. The Morgan fingerprint density at radius 1 is 0.458 bits per heavy atom. The molecule has 0 aromatic carbocycles. The largest absolute Gasteiger partial charge is 0.457 e. The number of aliphatic hydroxyl groups excluding tert-OH is 4. The number of allylic oxidation sites excluding steroid dienone is 20. The van der Waals surface area contributed by atoms with E-state index in [1.165, 1.54) is 96.3 Å². The lowest BCUT2D eigenvalue weighted by Crippen LogP contribution is -2.59. The van der Waals surface area contributed by atoms with Crippen LogP contribution in [0.3, 0.4) is 0 Å². The standard InChI is InChI=1S/C63H104O9/c1-3-5-7-9-11-13-15-17-19-21-23-25-27-28-29-31-33-35-37-39-41-43-45-47-49-51-53-69-55-57(56-70-63-62(68)61(67)60(66)58(54-64)72-63)71-59(65)52-50-48-46-44-42-40-38-36-34-32-30-26-24-22-20-18-16-14-12-10-8-6-4-2/h6,8,12,14-15,17-18,20-21,23-24,26-28,32,34,38,40,44,46,57-58,60-64,66-68H,3-5,7,9-11,13,16,19,22,25,29-31,33,35-37,39,41-43,45,47-56H2,1-2H3/b8-6-,14-12-,17-15-,20-18-,23-21-,26-24-,28-27-,34-32-,40-38-,46-44-. The van der Waals surface area contributed by atoms with Crippen LogP contribution < -0.4 is 0 Å². The minimum absolute atomic E-state index is 0.111. The van der Waals surface area contributed by atoms with Crippen LogP contribution in [0.4, 0.5) is 0 Å². The lowest BCUT2D eigenvalue weighted by molar-refractivity contribution is -0.305. The van der Waals surface area contributed by atoms with Crippen molar-refractivity contribution in [1.29, 1.82) is 0 Å². The summed E-state index contributed by atoms with van der Waals surface area (Å²) in [4.78, 5) is 12.9. The number of esters is 1. The van der Waals surface area contributed by atoms with Crippen molar-refractivity contribution in [3.05, 3.63) is 122 Å². The second-order valence-electron chi connectivity index (χ2n) is 19.0. The summed E-state index contributed by atoms with van der Waals surface area (Å²) in [5.41, 5.74) is 0. The number of unbranched alkanes of at least 4 members (excludes halogenated alkanes) is 17. The van der Waals surface area contributed by atoms with Gasteiger partial charge >= 0.3 is 5.97 Å². The Hall–Kier alpha value is -3.41. The summed E-state index contributed by atoms with van der Waals surface area (Å²) in [6, 6.07) is 0. The lowest BCUT2D eigenvalue weighted by Gasteiger charge is -2.39. The van der Waals surface area contributed by atoms with Gasteiger partial charge in [-0.2, -0.15) is 0 Å². The topological polar surface area (TPSA) is 135 Å². The van der Waals surface area contributed by atoms with Gasteiger partial charge in [0.25, 0.3) is 0 Å². The Morgan fingerprint density at radius 3 is 1.28 bits per heavy atom. The molecule has 410 valence electrons. The summed E-state index contributed by atoms with van der Waals surface area (Å²) in [5.74, 6) is -0.375. The van der Waals surface area contributed by atoms with Crippen molar-refractivity contribution in [1.82, 2.24) is 0 Å². The maximum Gasteiger partial charge on any atom is 0.306 e. The second kappa shape index (κ2) is 52.5. The third kappa shape index (κ3) is 42.0. The van der Waals surface area contributed by atoms with E-state index in [2.05, 4.69) is 135 Å². The van der Waals surface area contributed by atoms with Crippen molar-refractivity contribution in [2.45, 2.75) is 243 Å². The molecule has 1 saturated heterocycles. The van der Waals surface area contributed by atoms with E-state index in [4.69, 9.17) is 18.9 Å². The molecule has 9 heteroatoms. The van der Waals surface area contributed by atoms with Crippen LogP contribution in [0.2, 0.25) is 0 Å². The summed E-state index contributed by atoms with van der Waals surface area (Å²) < 4.78 is 22.9. The molecule has 4 N–H and O–H groups in total. The predicted molar refractivity (Wildman–Crippen MR) is 302 cm³/mol. The average Bonchev–Trinajstić information content (AvgIpc) is 3.38. The Labute approximate surface area is 439 Å². The van der Waals surface area contributed by atoms with Crippen molar-refractivity contribution in [2.75, 3.05) is 26.4 Å². The zero-order valence-corrected chi connectivity index (χ0v) is 45.4. The molecule has 0 aliphatic carbocycles. The Balaban J connectivity index is 2.23. The normalized spacial score (nSPS) is 19.7. The third-order valence-corrected chi connectivity index (χ3v) is 12.4. The van der Waals surface area contributed by atoms with Gasteiger partial charge in [0.05, 0.1) is 19.8 Å². The molecule has 1 rings (SSSR count). The fraction of sp³-hybridized carbons (Fsp3) is 0.667. The van der Waals surface area contributed by atoms with Crippen LogP contribution in [-0.4, -0.2) is 89.6 Å². The van der Waals surface area contributed by atoms with Crippen molar-refractivity contribution < 1.29 is 44.2 Å². The molecular formula is C63H104O9. The Kier molecular flexibility index (Phi) is 48.5. The Morgan fingerprint density at radius 2 is 0.847 bits per heavy atom. The Bertz CT molecular complexity index is 1520. The zero-order valence-electron chi connectivity index (χ0n) is 45.4. The number of carbonyl (C=O) groups is 1. The van der Waals surface area contributed by atoms with Crippen LogP contribution in [0.1, 0.15) is 206 Å². The highest BCUT2D eigenvalue weighted by Gasteiger charge is 2.44. The summed E-state index contributed by atoms with van der Waals surface area (Å²) in [6.07, 6.45) is 69.6. The summed E-state index contributed by atoms with van der Waals surface area (Å²) in [6.45, 7) is 4.35. The molecule has 0 aromatic rings. The third-order valence-electron chi connectivity index (χ3n) is 12.4. The van der Waals surface area contributed by atoms with Crippen LogP contribution >= 0.6 is 0 Å². The van der Waals surface area contributed by atoms with E-state index in [0.29, 0.717) is 13.0 Å². The summed E-state index contributed by atoms with van der Waals surface area (Å²) in [5, 5.41) is 40.3. The predicted octanol–water partition coefficient (Wildman–Crippen LogP) is 15.0. The molecule has 0 aromatic heterocycles. The molecule has 1 aliphatic rings. The van der Waals surface area contributed by atoms with Gasteiger partial charge in [-0.15, -0.1) is 0 Å². The van der Waals surface area contributed by atoms with Crippen LogP contribution in [0.15, 0.2) is 122 Å². The molecule has 0 spiro atoms. The molecule has 6 unspecified atom stereocenters. The van der Waals surface area contributed by atoms with E-state index < -0.39 is 43.4 Å². The second-order valence-corrected chi connectivity index (χ2v) is 19.0. The smallest absolute Gasteiger partial charge is 0.306 e. The number of aliphatic hydroxyl groups is 4. The fourth-order valence-corrected chi connectivity index (χ4v) is 7.96. The molecule has 1 heterocycles. The molecule has 0 amide bonds. The highest BCUT2D eigenvalue weighted by Crippen LogP contribution is 2.23. The van der Waals surface area contributed by atoms with E-state index in [1.54, 1.807) is 0 Å². The molecule has 0 radical (unpaired) electrons.